The molecule has 0 bridgehead atoms. The van der Waals surface area contributed by atoms with Gasteiger partial charge in [0, 0.05) is 6.92 Å². The molecule has 1 aromatic carbocycles. The lowest BCUT2D eigenvalue weighted by molar-refractivity contribution is -0.145. The number of aryl methyl sites for hydroxylation is 1. The van der Waals surface area contributed by atoms with E-state index in [1.165, 1.54) is 12.5 Å². The van der Waals surface area contributed by atoms with E-state index in [1.54, 1.807) is 0 Å². The Kier molecular flexibility index (Phi) is 3.07. The van der Waals surface area contributed by atoms with Crippen molar-refractivity contribution in [1.82, 2.24) is 0 Å². The molecule has 0 heterocycles. The number of benzene rings is 1. The number of carbonyl (C=O) groups excluding carboxylic acids is 1. The van der Waals surface area contributed by atoms with Crippen molar-refractivity contribution in [2.45, 2.75) is 26.9 Å². The molecular weight excluding hydrogens is 164 g/mol. The molecule has 0 aliphatic carbocycles. The average molecular weight is 178 g/mol. The largest absolute Gasteiger partial charge is 0.458 e. The first kappa shape index (κ1) is 9.78. The summed E-state index contributed by atoms with van der Waals surface area (Å²) in [6, 6.07) is 7.96. The number of esters is 1. The highest BCUT2D eigenvalue weighted by Gasteiger charge is 2.07. The molecule has 13 heavy (non-hydrogen) atoms. The van der Waals surface area contributed by atoms with Crippen molar-refractivity contribution >= 4 is 5.97 Å². The first-order valence-corrected chi connectivity index (χ1v) is 4.33. The van der Waals surface area contributed by atoms with Crippen LogP contribution in [0.2, 0.25) is 0 Å². The molecule has 2 heteroatoms. The van der Waals surface area contributed by atoms with E-state index < -0.39 is 0 Å². The molecule has 70 valence electrons. The third kappa shape index (κ3) is 2.90. The van der Waals surface area contributed by atoms with Gasteiger partial charge in [0.15, 0.2) is 0 Å². The van der Waals surface area contributed by atoms with Crippen LogP contribution in [0.1, 0.15) is 31.1 Å². The van der Waals surface area contributed by atoms with Crippen LogP contribution in [0, 0.1) is 6.92 Å². The summed E-state index contributed by atoms with van der Waals surface area (Å²) in [5.74, 6) is -0.242. The summed E-state index contributed by atoms with van der Waals surface area (Å²) in [5, 5.41) is 0. The van der Waals surface area contributed by atoms with Crippen molar-refractivity contribution in [2.24, 2.45) is 0 Å². The zero-order chi connectivity index (χ0) is 9.84. The van der Waals surface area contributed by atoms with Gasteiger partial charge in [-0.15, -0.1) is 0 Å². The normalized spacial score (nSPS) is 12.2. The Bertz CT molecular complexity index is 305. The van der Waals surface area contributed by atoms with Gasteiger partial charge in [-0.25, -0.2) is 0 Å². The Labute approximate surface area is 78.5 Å². The van der Waals surface area contributed by atoms with Gasteiger partial charge in [-0.05, 0) is 19.4 Å². The van der Waals surface area contributed by atoms with Crippen LogP contribution in [0.4, 0.5) is 0 Å². The zero-order valence-electron chi connectivity index (χ0n) is 8.20. The summed E-state index contributed by atoms with van der Waals surface area (Å²) in [6.45, 7) is 5.31. The van der Waals surface area contributed by atoms with E-state index in [4.69, 9.17) is 4.74 Å². The minimum absolute atomic E-state index is 0.155. The fourth-order valence-corrected chi connectivity index (χ4v) is 1.24. The molecule has 0 N–H and O–H groups in total. The van der Waals surface area contributed by atoms with Gasteiger partial charge in [0.1, 0.15) is 6.10 Å². The minimum atomic E-state index is -0.242. The molecule has 1 aromatic rings. The molecule has 0 aromatic heterocycles. The molecule has 0 aliphatic rings. The van der Waals surface area contributed by atoms with Crippen LogP contribution in [0.25, 0.3) is 0 Å². The maximum Gasteiger partial charge on any atom is 0.303 e. The summed E-state index contributed by atoms with van der Waals surface area (Å²) in [4.78, 5) is 10.7. The van der Waals surface area contributed by atoms with E-state index in [1.807, 2.05) is 38.1 Å². The van der Waals surface area contributed by atoms with E-state index >= 15 is 0 Å². The molecule has 1 atom stereocenters. The number of rotatable bonds is 2. The van der Waals surface area contributed by atoms with Crippen LogP contribution in [0.15, 0.2) is 24.3 Å². The monoisotopic (exact) mass is 178 g/mol. The molecule has 0 radical (unpaired) electrons. The maximum atomic E-state index is 10.7. The van der Waals surface area contributed by atoms with Gasteiger partial charge in [-0.1, -0.05) is 29.8 Å². The van der Waals surface area contributed by atoms with Gasteiger partial charge < -0.3 is 4.74 Å². The predicted octanol–water partition coefficient (Wildman–Crippen LogP) is 2.62. The van der Waals surface area contributed by atoms with Crippen LogP contribution in [-0.2, 0) is 9.53 Å². The van der Waals surface area contributed by atoms with Crippen molar-refractivity contribution in [3.8, 4) is 0 Å². The standard InChI is InChI=1S/C11H14O2/c1-8-5-4-6-11(7-8)9(2)13-10(3)12/h4-7,9H,1-3H3/t9-/m0/s1. The summed E-state index contributed by atoms with van der Waals surface area (Å²) < 4.78 is 5.05. The van der Waals surface area contributed by atoms with Crippen molar-refractivity contribution in [1.29, 1.82) is 0 Å². The van der Waals surface area contributed by atoms with Gasteiger partial charge in [-0.3, -0.25) is 4.79 Å². The molecule has 1 rings (SSSR count). The summed E-state index contributed by atoms with van der Waals surface area (Å²) >= 11 is 0. The predicted molar refractivity (Wildman–Crippen MR) is 51.4 cm³/mol. The molecular formula is C11H14O2. The highest BCUT2D eigenvalue weighted by Crippen LogP contribution is 2.17. The first-order valence-electron chi connectivity index (χ1n) is 4.33. The molecule has 0 saturated heterocycles. The number of hydrogen-bond donors (Lipinski definition) is 0. The molecule has 0 fully saturated rings. The van der Waals surface area contributed by atoms with E-state index in [0.29, 0.717) is 0 Å². The highest BCUT2D eigenvalue weighted by atomic mass is 16.5. The second-order valence-corrected chi connectivity index (χ2v) is 3.17. The quantitative estimate of drug-likeness (QED) is 0.651. The fraction of sp³-hybridized carbons (Fsp3) is 0.364. The molecule has 0 spiro atoms. The van der Waals surface area contributed by atoms with E-state index in [2.05, 4.69) is 0 Å². The SMILES string of the molecule is CC(=O)O[C@@H](C)c1cccc(C)c1. The lowest BCUT2D eigenvalue weighted by atomic mass is 10.1. The van der Waals surface area contributed by atoms with E-state index in [0.717, 1.165) is 5.56 Å². The molecule has 0 amide bonds. The van der Waals surface area contributed by atoms with Gasteiger partial charge in [-0.2, -0.15) is 0 Å². The molecule has 0 aliphatic heterocycles. The second-order valence-electron chi connectivity index (χ2n) is 3.17. The van der Waals surface area contributed by atoms with Gasteiger partial charge >= 0.3 is 5.97 Å². The lowest BCUT2D eigenvalue weighted by Gasteiger charge is -2.12. The Morgan fingerprint density at radius 3 is 2.69 bits per heavy atom. The Morgan fingerprint density at radius 2 is 2.15 bits per heavy atom. The maximum absolute atomic E-state index is 10.7. The van der Waals surface area contributed by atoms with Crippen molar-refractivity contribution < 1.29 is 9.53 Å². The van der Waals surface area contributed by atoms with Gasteiger partial charge in [0.05, 0.1) is 0 Å². The van der Waals surface area contributed by atoms with Crippen LogP contribution in [0.3, 0.4) is 0 Å². The fourth-order valence-electron chi connectivity index (χ4n) is 1.24. The third-order valence-corrected chi connectivity index (χ3v) is 1.85. The van der Waals surface area contributed by atoms with Crippen LogP contribution in [-0.4, -0.2) is 5.97 Å². The van der Waals surface area contributed by atoms with Crippen LogP contribution < -0.4 is 0 Å². The smallest absolute Gasteiger partial charge is 0.303 e. The van der Waals surface area contributed by atoms with Crippen molar-refractivity contribution in [3.63, 3.8) is 0 Å². The topological polar surface area (TPSA) is 26.3 Å². The highest BCUT2D eigenvalue weighted by molar-refractivity contribution is 5.66. The second kappa shape index (κ2) is 4.08. The zero-order valence-corrected chi connectivity index (χ0v) is 8.20. The Morgan fingerprint density at radius 1 is 1.46 bits per heavy atom. The van der Waals surface area contributed by atoms with E-state index in [-0.39, 0.29) is 12.1 Å². The number of carbonyl (C=O) groups is 1. The molecule has 0 saturated carbocycles. The van der Waals surface area contributed by atoms with Crippen LogP contribution in [0.5, 0.6) is 0 Å². The summed E-state index contributed by atoms with van der Waals surface area (Å²) in [5.41, 5.74) is 2.21. The first-order chi connectivity index (χ1) is 6.09. The van der Waals surface area contributed by atoms with Crippen molar-refractivity contribution in [2.75, 3.05) is 0 Å². The van der Waals surface area contributed by atoms with Gasteiger partial charge in [0.2, 0.25) is 0 Å². The molecule has 0 unspecified atom stereocenters. The third-order valence-electron chi connectivity index (χ3n) is 1.85. The lowest BCUT2D eigenvalue weighted by Crippen LogP contribution is -2.04. The molecule has 2 nitrogen and oxygen atoms in total. The summed E-state index contributed by atoms with van der Waals surface area (Å²) in [7, 11) is 0. The average Bonchev–Trinajstić information content (AvgIpc) is 2.03. The summed E-state index contributed by atoms with van der Waals surface area (Å²) in [6.07, 6.45) is -0.155. The number of hydrogen-bond acceptors (Lipinski definition) is 2. The Hall–Kier alpha value is -1.31. The number of ether oxygens (including phenoxy) is 1. The minimum Gasteiger partial charge on any atom is -0.458 e. The van der Waals surface area contributed by atoms with E-state index in [9.17, 15) is 4.79 Å². The van der Waals surface area contributed by atoms with Gasteiger partial charge in [0.25, 0.3) is 0 Å². The Balaban J connectivity index is 2.76. The van der Waals surface area contributed by atoms with Crippen LogP contribution >= 0.6 is 0 Å². The van der Waals surface area contributed by atoms with Crippen molar-refractivity contribution in [3.05, 3.63) is 35.4 Å².